The molecule has 72 valence electrons. The highest BCUT2D eigenvalue weighted by Crippen LogP contribution is 2.48. The Kier molecular flexibility index (Phi) is 2.09. The molecule has 0 N–H and O–H groups in total. The van der Waals surface area contributed by atoms with Crippen LogP contribution in [0.2, 0.25) is 0 Å². The number of allylic oxidation sites excluding steroid dienone is 4. The molecule has 1 fully saturated rings. The van der Waals surface area contributed by atoms with Crippen LogP contribution in [0.1, 0.15) is 46.5 Å². The first kappa shape index (κ1) is 9.05. The van der Waals surface area contributed by atoms with E-state index in [0.29, 0.717) is 5.41 Å². The van der Waals surface area contributed by atoms with Gasteiger partial charge in [-0.1, -0.05) is 37.1 Å². The molecule has 0 aromatic heterocycles. The number of fused-ring (bicyclic) bond motifs is 1. The average Bonchev–Trinajstić information content (AvgIpc) is 2.06. The second-order valence-electron chi connectivity index (χ2n) is 5.23. The summed E-state index contributed by atoms with van der Waals surface area (Å²) in [5.74, 6) is 0.925. The van der Waals surface area contributed by atoms with E-state index in [1.54, 1.807) is 5.57 Å². The quantitative estimate of drug-likeness (QED) is 0.521. The lowest BCUT2D eigenvalue weighted by atomic mass is 9.64. The van der Waals surface area contributed by atoms with Crippen molar-refractivity contribution in [3.8, 4) is 0 Å². The van der Waals surface area contributed by atoms with Crippen LogP contribution in [-0.4, -0.2) is 0 Å². The zero-order valence-corrected chi connectivity index (χ0v) is 9.06. The summed E-state index contributed by atoms with van der Waals surface area (Å²) in [6, 6.07) is 0. The van der Waals surface area contributed by atoms with Crippen LogP contribution in [0.5, 0.6) is 0 Å². The molecule has 2 atom stereocenters. The van der Waals surface area contributed by atoms with Crippen LogP contribution in [0.3, 0.4) is 0 Å². The van der Waals surface area contributed by atoms with Crippen molar-refractivity contribution in [1.29, 1.82) is 0 Å². The van der Waals surface area contributed by atoms with Gasteiger partial charge in [-0.05, 0) is 43.9 Å². The van der Waals surface area contributed by atoms with E-state index in [0.717, 1.165) is 5.92 Å². The average molecular weight is 176 g/mol. The molecule has 13 heavy (non-hydrogen) atoms. The highest BCUT2D eigenvalue weighted by atomic mass is 14.4. The fraction of sp³-hybridized carbons (Fsp3) is 0.692. The molecule has 2 unspecified atom stereocenters. The highest BCUT2D eigenvalue weighted by Gasteiger charge is 2.34. The van der Waals surface area contributed by atoms with Crippen LogP contribution in [-0.2, 0) is 0 Å². The topological polar surface area (TPSA) is 0 Å². The number of rotatable bonds is 0. The van der Waals surface area contributed by atoms with E-state index in [1.807, 2.05) is 0 Å². The van der Waals surface area contributed by atoms with E-state index in [4.69, 9.17) is 0 Å². The van der Waals surface area contributed by atoms with Crippen LogP contribution < -0.4 is 0 Å². The van der Waals surface area contributed by atoms with Gasteiger partial charge in [-0.3, -0.25) is 0 Å². The molecule has 1 saturated carbocycles. The van der Waals surface area contributed by atoms with Crippen molar-refractivity contribution in [3.05, 3.63) is 23.3 Å². The molecule has 0 aromatic rings. The van der Waals surface area contributed by atoms with E-state index in [1.165, 1.54) is 31.3 Å². The first-order valence-corrected chi connectivity index (χ1v) is 5.48. The smallest absolute Gasteiger partial charge is 0.00760 e. The maximum absolute atomic E-state index is 2.44. The SMILES string of the molecule is CC1=CCC2(C)CC(C)CCC2=C1. The van der Waals surface area contributed by atoms with Crippen molar-refractivity contribution >= 4 is 0 Å². The number of hydrogen-bond donors (Lipinski definition) is 0. The third-order valence-electron chi connectivity index (χ3n) is 3.76. The molecule has 0 spiro atoms. The minimum Gasteiger partial charge on any atom is -0.0807 e. The van der Waals surface area contributed by atoms with Gasteiger partial charge in [0.25, 0.3) is 0 Å². The summed E-state index contributed by atoms with van der Waals surface area (Å²) >= 11 is 0. The lowest BCUT2D eigenvalue weighted by molar-refractivity contribution is 0.242. The Morgan fingerprint density at radius 1 is 1.46 bits per heavy atom. The van der Waals surface area contributed by atoms with Gasteiger partial charge in [0.05, 0.1) is 0 Å². The van der Waals surface area contributed by atoms with Gasteiger partial charge < -0.3 is 0 Å². The van der Waals surface area contributed by atoms with E-state index >= 15 is 0 Å². The van der Waals surface area contributed by atoms with Crippen molar-refractivity contribution < 1.29 is 0 Å². The summed E-state index contributed by atoms with van der Waals surface area (Å²) in [4.78, 5) is 0. The Morgan fingerprint density at radius 3 is 3.00 bits per heavy atom. The molecule has 2 aliphatic rings. The second kappa shape index (κ2) is 3.01. The molecular weight excluding hydrogens is 156 g/mol. The molecule has 2 aliphatic carbocycles. The summed E-state index contributed by atoms with van der Waals surface area (Å²) in [5, 5.41) is 0. The van der Waals surface area contributed by atoms with Crippen molar-refractivity contribution in [1.82, 2.24) is 0 Å². The highest BCUT2D eigenvalue weighted by molar-refractivity contribution is 5.32. The zero-order valence-electron chi connectivity index (χ0n) is 9.06. The van der Waals surface area contributed by atoms with Gasteiger partial charge in [0.2, 0.25) is 0 Å². The van der Waals surface area contributed by atoms with Gasteiger partial charge in [-0.2, -0.15) is 0 Å². The second-order valence-corrected chi connectivity index (χ2v) is 5.23. The Morgan fingerprint density at radius 2 is 2.23 bits per heavy atom. The first-order valence-electron chi connectivity index (χ1n) is 5.48. The van der Waals surface area contributed by atoms with Gasteiger partial charge >= 0.3 is 0 Å². The van der Waals surface area contributed by atoms with Crippen LogP contribution in [0.4, 0.5) is 0 Å². The molecule has 2 rings (SSSR count). The van der Waals surface area contributed by atoms with Crippen LogP contribution in [0, 0.1) is 11.3 Å². The van der Waals surface area contributed by atoms with E-state index in [9.17, 15) is 0 Å². The molecule has 0 amide bonds. The molecule has 0 aliphatic heterocycles. The molecule has 0 aromatic carbocycles. The molecule has 0 heterocycles. The van der Waals surface area contributed by atoms with E-state index in [-0.39, 0.29) is 0 Å². The molecule has 0 heteroatoms. The predicted octanol–water partition coefficient (Wildman–Crippen LogP) is 4.09. The molecule has 0 saturated heterocycles. The van der Waals surface area contributed by atoms with Gasteiger partial charge in [0, 0.05) is 0 Å². The van der Waals surface area contributed by atoms with E-state index < -0.39 is 0 Å². The zero-order chi connectivity index (χ0) is 9.47. The minimum atomic E-state index is 0.511. The summed E-state index contributed by atoms with van der Waals surface area (Å²) in [6.07, 6.45) is 10.2. The summed E-state index contributed by atoms with van der Waals surface area (Å²) in [5.41, 5.74) is 3.70. The molecule has 0 nitrogen and oxygen atoms in total. The van der Waals surface area contributed by atoms with Gasteiger partial charge in [-0.15, -0.1) is 0 Å². The van der Waals surface area contributed by atoms with Crippen molar-refractivity contribution in [3.63, 3.8) is 0 Å². The Hall–Kier alpha value is -0.520. The predicted molar refractivity (Wildman–Crippen MR) is 57.6 cm³/mol. The molecule has 0 bridgehead atoms. The molecule has 0 radical (unpaired) electrons. The van der Waals surface area contributed by atoms with Crippen LogP contribution in [0.15, 0.2) is 23.3 Å². The van der Waals surface area contributed by atoms with E-state index in [2.05, 4.69) is 32.9 Å². The Balaban J connectivity index is 2.26. The monoisotopic (exact) mass is 176 g/mol. The van der Waals surface area contributed by atoms with Gasteiger partial charge in [0.15, 0.2) is 0 Å². The first-order chi connectivity index (χ1) is 6.10. The summed E-state index contributed by atoms with van der Waals surface area (Å²) in [7, 11) is 0. The maximum atomic E-state index is 2.44. The third-order valence-corrected chi connectivity index (χ3v) is 3.76. The lowest BCUT2D eigenvalue weighted by Crippen LogP contribution is -2.28. The maximum Gasteiger partial charge on any atom is -0.00760 e. The van der Waals surface area contributed by atoms with Gasteiger partial charge in [-0.25, -0.2) is 0 Å². The van der Waals surface area contributed by atoms with Crippen LogP contribution >= 0.6 is 0 Å². The van der Waals surface area contributed by atoms with Crippen molar-refractivity contribution in [2.24, 2.45) is 11.3 Å². The Labute approximate surface area is 81.7 Å². The normalized spacial score (nSPS) is 39.2. The fourth-order valence-corrected chi connectivity index (χ4v) is 2.89. The van der Waals surface area contributed by atoms with Crippen LogP contribution in [0.25, 0.3) is 0 Å². The third kappa shape index (κ3) is 1.59. The standard InChI is InChI=1S/C13H20/c1-10-6-7-13(3)9-11(2)4-5-12(13)8-10/h6,8,11H,4-5,7,9H2,1-3H3. The summed E-state index contributed by atoms with van der Waals surface area (Å²) < 4.78 is 0. The number of hydrogen-bond acceptors (Lipinski definition) is 0. The van der Waals surface area contributed by atoms with Crippen molar-refractivity contribution in [2.45, 2.75) is 46.5 Å². The van der Waals surface area contributed by atoms with Crippen molar-refractivity contribution in [2.75, 3.05) is 0 Å². The largest absolute Gasteiger partial charge is 0.0807 e. The Bertz CT molecular complexity index is 270. The fourth-order valence-electron chi connectivity index (χ4n) is 2.89. The van der Waals surface area contributed by atoms with Gasteiger partial charge in [0.1, 0.15) is 0 Å². The molecular formula is C13H20. The minimum absolute atomic E-state index is 0.511. The lowest BCUT2D eigenvalue weighted by Gasteiger charge is -2.41. The summed E-state index contributed by atoms with van der Waals surface area (Å²) in [6.45, 7) is 7.06.